The minimum Gasteiger partial charge on any atom is -0.378 e. The van der Waals surface area contributed by atoms with Crippen LogP contribution in [0.5, 0.6) is 0 Å². The van der Waals surface area contributed by atoms with Crippen LogP contribution in [0.3, 0.4) is 0 Å². The lowest BCUT2D eigenvalue weighted by Gasteiger charge is -2.20. The largest absolute Gasteiger partial charge is 0.378 e. The van der Waals surface area contributed by atoms with Crippen LogP contribution in [0.4, 0.5) is 5.69 Å². The molecule has 1 N–H and O–H groups in total. The molecule has 5 nitrogen and oxygen atoms in total. The number of rotatable bonds is 5. The molecule has 6 heteroatoms. The van der Waals surface area contributed by atoms with Crippen molar-refractivity contribution in [3.8, 4) is 0 Å². The molecule has 0 amide bonds. The molecule has 0 aliphatic heterocycles. The maximum atomic E-state index is 12.6. The van der Waals surface area contributed by atoms with Crippen LogP contribution in [0.25, 0.3) is 0 Å². The van der Waals surface area contributed by atoms with Gasteiger partial charge in [-0.2, -0.15) is 13.5 Å². The third-order valence-corrected chi connectivity index (χ3v) is 5.50. The number of sulfonamides is 1. The fourth-order valence-corrected chi connectivity index (χ4v) is 3.50. The van der Waals surface area contributed by atoms with Gasteiger partial charge in [0.25, 0.3) is 10.0 Å². The van der Waals surface area contributed by atoms with E-state index in [0.717, 1.165) is 16.8 Å². The van der Waals surface area contributed by atoms with E-state index >= 15 is 0 Å². The summed E-state index contributed by atoms with van der Waals surface area (Å²) in [5.41, 5.74) is 3.41. The second-order valence-electron chi connectivity index (χ2n) is 7.57. The molecule has 0 heterocycles. The van der Waals surface area contributed by atoms with Crippen molar-refractivity contribution in [2.45, 2.75) is 38.0 Å². The van der Waals surface area contributed by atoms with Crippen molar-refractivity contribution in [3.05, 3.63) is 59.2 Å². The zero-order valence-corrected chi connectivity index (χ0v) is 17.1. The van der Waals surface area contributed by atoms with Crippen molar-refractivity contribution in [1.82, 2.24) is 4.83 Å². The Balaban J connectivity index is 2.21. The summed E-state index contributed by atoms with van der Waals surface area (Å²) < 4.78 is 25.3. The van der Waals surface area contributed by atoms with Crippen LogP contribution >= 0.6 is 0 Å². The average molecular weight is 374 g/mol. The number of nitrogens with zero attached hydrogens (tertiary/aromatic N) is 2. The summed E-state index contributed by atoms with van der Waals surface area (Å²) in [5.74, 6) is 0. The van der Waals surface area contributed by atoms with Gasteiger partial charge in [0.2, 0.25) is 0 Å². The lowest BCUT2D eigenvalue weighted by molar-refractivity contribution is 0.577. The summed E-state index contributed by atoms with van der Waals surface area (Å²) in [6, 6.07) is 13.2. The Kier molecular flexibility index (Phi) is 5.76. The van der Waals surface area contributed by atoms with Crippen molar-refractivity contribution in [1.29, 1.82) is 0 Å². The van der Waals surface area contributed by atoms with Gasteiger partial charge in [0.1, 0.15) is 0 Å². The summed E-state index contributed by atoms with van der Waals surface area (Å²) in [5, 5.41) is 3.92. The van der Waals surface area contributed by atoms with E-state index in [1.54, 1.807) is 13.0 Å². The minimum atomic E-state index is -3.72. The molecule has 0 atom stereocenters. The van der Waals surface area contributed by atoms with E-state index in [0.29, 0.717) is 5.56 Å². The first-order chi connectivity index (χ1) is 12.0. The average Bonchev–Trinajstić information content (AvgIpc) is 2.54. The lowest BCUT2D eigenvalue weighted by Crippen LogP contribution is -2.21. The zero-order chi connectivity index (χ0) is 19.5. The Morgan fingerprint density at radius 3 is 2.19 bits per heavy atom. The van der Waals surface area contributed by atoms with Gasteiger partial charge < -0.3 is 4.90 Å². The van der Waals surface area contributed by atoms with Crippen LogP contribution in [0, 0.1) is 6.92 Å². The summed E-state index contributed by atoms with van der Waals surface area (Å²) in [4.78, 5) is 4.56. The number of nitrogens with one attached hydrogen (secondary N) is 1. The number of benzene rings is 2. The van der Waals surface area contributed by atoms with Gasteiger partial charge in [-0.25, -0.2) is 4.83 Å². The highest BCUT2D eigenvalue weighted by molar-refractivity contribution is 7.89. The Morgan fingerprint density at radius 1 is 1.04 bits per heavy atom. The van der Waals surface area contributed by atoms with E-state index in [-0.39, 0.29) is 10.3 Å². The molecule has 2 rings (SSSR count). The highest BCUT2D eigenvalue weighted by Gasteiger charge is 2.21. The summed E-state index contributed by atoms with van der Waals surface area (Å²) in [6.45, 7) is 7.94. The van der Waals surface area contributed by atoms with E-state index in [4.69, 9.17) is 0 Å². The van der Waals surface area contributed by atoms with Crippen molar-refractivity contribution in [2.75, 3.05) is 19.0 Å². The van der Waals surface area contributed by atoms with Crippen LogP contribution in [0.15, 0.2) is 52.5 Å². The first-order valence-corrected chi connectivity index (χ1v) is 9.92. The van der Waals surface area contributed by atoms with Crippen molar-refractivity contribution >= 4 is 21.9 Å². The Morgan fingerprint density at radius 2 is 1.65 bits per heavy atom. The van der Waals surface area contributed by atoms with Gasteiger partial charge >= 0.3 is 0 Å². The molecule has 26 heavy (non-hydrogen) atoms. The van der Waals surface area contributed by atoms with Crippen LogP contribution < -0.4 is 9.73 Å². The molecular weight excluding hydrogens is 346 g/mol. The number of aryl methyl sites for hydroxylation is 1. The predicted octanol–water partition coefficient (Wildman–Crippen LogP) is 3.67. The molecule has 0 fully saturated rings. The number of hydrazone groups is 1. The number of hydrogen-bond donors (Lipinski definition) is 1. The Bertz CT molecular complexity index is 894. The highest BCUT2D eigenvalue weighted by atomic mass is 32.2. The van der Waals surface area contributed by atoms with Gasteiger partial charge in [-0.05, 0) is 47.2 Å². The van der Waals surface area contributed by atoms with Gasteiger partial charge in [-0.1, -0.05) is 45.0 Å². The van der Waals surface area contributed by atoms with Gasteiger partial charge in [-0.15, -0.1) is 0 Å². The van der Waals surface area contributed by atoms with Gasteiger partial charge in [0.05, 0.1) is 11.1 Å². The second kappa shape index (κ2) is 7.50. The Labute approximate surface area is 156 Å². The SMILES string of the molecule is Cc1ccc(C(C)(C)C)cc1S(=O)(=O)N/N=C/c1ccc(N(C)C)cc1. The van der Waals surface area contributed by atoms with E-state index < -0.39 is 10.0 Å². The molecule has 0 unspecified atom stereocenters. The molecule has 0 bridgehead atoms. The molecule has 0 aromatic heterocycles. The molecule has 0 aliphatic rings. The highest BCUT2D eigenvalue weighted by Crippen LogP contribution is 2.26. The third kappa shape index (κ3) is 4.85. The quantitative estimate of drug-likeness (QED) is 0.642. The van der Waals surface area contributed by atoms with Crippen LogP contribution in [-0.2, 0) is 15.4 Å². The lowest BCUT2D eigenvalue weighted by atomic mass is 9.87. The fourth-order valence-electron chi connectivity index (χ4n) is 2.43. The minimum absolute atomic E-state index is 0.130. The molecule has 0 aliphatic carbocycles. The molecule has 0 saturated carbocycles. The Hall–Kier alpha value is -2.34. The molecule has 2 aromatic rings. The van der Waals surface area contributed by atoms with Crippen LogP contribution in [0.2, 0.25) is 0 Å². The standard InChI is InChI=1S/C20H27N3O2S/c1-15-7-10-17(20(2,3)4)13-19(15)26(24,25)22-21-14-16-8-11-18(12-9-16)23(5)6/h7-14,22H,1-6H3/b21-14+. The first-order valence-electron chi connectivity index (χ1n) is 8.44. The monoisotopic (exact) mass is 373 g/mol. The van der Waals surface area contributed by atoms with Crippen molar-refractivity contribution in [2.24, 2.45) is 5.10 Å². The van der Waals surface area contributed by atoms with E-state index in [1.165, 1.54) is 6.21 Å². The smallest absolute Gasteiger partial charge is 0.276 e. The van der Waals surface area contributed by atoms with Crippen LogP contribution in [-0.4, -0.2) is 28.7 Å². The second-order valence-corrected chi connectivity index (χ2v) is 9.20. The molecule has 0 radical (unpaired) electrons. The fraction of sp³-hybridized carbons (Fsp3) is 0.350. The molecule has 140 valence electrons. The van der Waals surface area contributed by atoms with Crippen LogP contribution in [0.1, 0.15) is 37.5 Å². The maximum Gasteiger partial charge on any atom is 0.276 e. The van der Waals surface area contributed by atoms with E-state index in [2.05, 4.69) is 30.7 Å². The van der Waals surface area contributed by atoms with Gasteiger partial charge in [0, 0.05) is 19.8 Å². The molecular formula is C20H27N3O2S. The molecule has 0 saturated heterocycles. The number of hydrogen-bond acceptors (Lipinski definition) is 4. The topological polar surface area (TPSA) is 61.8 Å². The predicted molar refractivity (Wildman–Crippen MR) is 109 cm³/mol. The summed E-state index contributed by atoms with van der Waals surface area (Å²) in [7, 11) is 0.205. The maximum absolute atomic E-state index is 12.6. The van der Waals surface area contributed by atoms with Crippen molar-refractivity contribution < 1.29 is 8.42 Å². The number of anilines is 1. The van der Waals surface area contributed by atoms with Gasteiger partial charge in [-0.3, -0.25) is 0 Å². The van der Waals surface area contributed by atoms with Crippen molar-refractivity contribution in [3.63, 3.8) is 0 Å². The van der Waals surface area contributed by atoms with E-state index in [1.807, 2.05) is 55.4 Å². The zero-order valence-electron chi connectivity index (χ0n) is 16.2. The molecule has 2 aromatic carbocycles. The normalized spacial score (nSPS) is 12.4. The summed E-state index contributed by atoms with van der Waals surface area (Å²) in [6.07, 6.45) is 1.50. The molecule has 0 spiro atoms. The van der Waals surface area contributed by atoms with Gasteiger partial charge in [0.15, 0.2) is 0 Å². The van der Waals surface area contributed by atoms with E-state index in [9.17, 15) is 8.42 Å². The summed E-state index contributed by atoms with van der Waals surface area (Å²) >= 11 is 0. The first kappa shape index (κ1) is 20.0. The third-order valence-electron chi connectivity index (χ3n) is 4.14.